The topological polar surface area (TPSA) is 54.5 Å². The molecule has 0 atom stereocenters. The standard InChI is InChI=1S/C10H12N4/c1-7(2)3-4-9-11-5-8-10(14-9)13-6-12-8/h3,5-6H,4H2,1-2H3,(H,11,12,13,14). The fraction of sp³-hybridized carbons (Fsp3) is 0.300. The van der Waals surface area contributed by atoms with Crippen molar-refractivity contribution in [3.8, 4) is 0 Å². The van der Waals surface area contributed by atoms with Crippen LogP contribution in [0.2, 0.25) is 0 Å². The van der Waals surface area contributed by atoms with Gasteiger partial charge in [0.2, 0.25) is 0 Å². The van der Waals surface area contributed by atoms with Crippen molar-refractivity contribution < 1.29 is 0 Å². The van der Waals surface area contributed by atoms with Crippen LogP contribution in [0.15, 0.2) is 24.2 Å². The molecule has 1 N–H and O–H groups in total. The molecule has 72 valence electrons. The van der Waals surface area contributed by atoms with Crippen LogP contribution < -0.4 is 0 Å². The van der Waals surface area contributed by atoms with Crippen LogP contribution in [0.4, 0.5) is 0 Å². The Bertz CT molecular complexity index is 466. The van der Waals surface area contributed by atoms with Crippen molar-refractivity contribution in [2.24, 2.45) is 0 Å². The van der Waals surface area contributed by atoms with Crippen molar-refractivity contribution in [3.63, 3.8) is 0 Å². The van der Waals surface area contributed by atoms with Crippen LogP contribution in [-0.4, -0.2) is 19.9 Å². The molecule has 0 aromatic carbocycles. The van der Waals surface area contributed by atoms with E-state index in [1.165, 1.54) is 5.57 Å². The van der Waals surface area contributed by atoms with Crippen LogP contribution in [0.1, 0.15) is 19.7 Å². The minimum Gasteiger partial charge on any atom is -0.342 e. The van der Waals surface area contributed by atoms with Crippen LogP contribution in [0.5, 0.6) is 0 Å². The van der Waals surface area contributed by atoms with Gasteiger partial charge >= 0.3 is 0 Å². The molecule has 2 rings (SSSR count). The number of imidazole rings is 1. The van der Waals surface area contributed by atoms with Gasteiger partial charge in [-0.3, -0.25) is 0 Å². The van der Waals surface area contributed by atoms with Crippen molar-refractivity contribution in [1.82, 2.24) is 19.9 Å². The molecule has 0 unspecified atom stereocenters. The third-order valence-corrected chi connectivity index (χ3v) is 1.92. The summed E-state index contributed by atoms with van der Waals surface area (Å²) >= 11 is 0. The molecule has 0 fully saturated rings. The molecule has 4 heteroatoms. The first-order valence-corrected chi connectivity index (χ1v) is 4.54. The molecule has 0 saturated carbocycles. The number of H-pyrrole nitrogens is 1. The van der Waals surface area contributed by atoms with Gasteiger partial charge in [-0.25, -0.2) is 15.0 Å². The van der Waals surface area contributed by atoms with Gasteiger partial charge in [0.15, 0.2) is 5.65 Å². The molecule has 0 amide bonds. The maximum absolute atomic E-state index is 4.31. The van der Waals surface area contributed by atoms with Crippen molar-refractivity contribution in [1.29, 1.82) is 0 Å². The largest absolute Gasteiger partial charge is 0.342 e. The zero-order valence-electron chi connectivity index (χ0n) is 8.28. The third-order valence-electron chi connectivity index (χ3n) is 1.92. The first-order chi connectivity index (χ1) is 6.75. The predicted octanol–water partition coefficient (Wildman–Crippen LogP) is 1.86. The van der Waals surface area contributed by atoms with E-state index in [1.54, 1.807) is 12.5 Å². The molecule has 2 heterocycles. The fourth-order valence-corrected chi connectivity index (χ4v) is 1.17. The van der Waals surface area contributed by atoms with Crippen molar-refractivity contribution >= 4 is 11.2 Å². The van der Waals surface area contributed by atoms with Crippen LogP contribution in [-0.2, 0) is 6.42 Å². The normalized spacial score (nSPS) is 10.4. The Hall–Kier alpha value is -1.71. The maximum Gasteiger partial charge on any atom is 0.180 e. The van der Waals surface area contributed by atoms with Crippen molar-refractivity contribution in [2.75, 3.05) is 0 Å². The number of hydrogen-bond acceptors (Lipinski definition) is 3. The van der Waals surface area contributed by atoms with Gasteiger partial charge < -0.3 is 4.98 Å². The first-order valence-electron chi connectivity index (χ1n) is 4.54. The molecule has 0 spiro atoms. The molecule has 0 aliphatic rings. The minimum absolute atomic E-state index is 0.733. The SMILES string of the molecule is CC(C)=CCc1ncc2[nH]cnc2n1. The van der Waals surface area contributed by atoms with Gasteiger partial charge in [0, 0.05) is 6.42 Å². The van der Waals surface area contributed by atoms with E-state index in [-0.39, 0.29) is 0 Å². The van der Waals surface area contributed by atoms with Crippen LogP contribution >= 0.6 is 0 Å². The van der Waals surface area contributed by atoms with E-state index in [0.717, 1.165) is 23.4 Å². The summed E-state index contributed by atoms with van der Waals surface area (Å²) < 4.78 is 0. The van der Waals surface area contributed by atoms with E-state index in [4.69, 9.17) is 0 Å². The Morgan fingerprint density at radius 2 is 2.29 bits per heavy atom. The highest BCUT2D eigenvalue weighted by atomic mass is 15.0. The molecule has 0 aliphatic carbocycles. The van der Waals surface area contributed by atoms with Gasteiger partial charge in [-0.2, -0.15) is 0 Å². The smallest absolute Gasteiger partial charge is 0.180 e. The summed E-state index contributed by atoms with van der Waals surface area (Å²) in [5, 5.41) is 0. The van der Waals surface area contributed by atoms with Gasteiger partial charge in [0.1, 0.15) is 11.3 Å². The molecule has 0 aliphatic heterocycles. The average Bonchev–Trinajstić information content (AvgIpc) is 2.61. The molecule has 4 nitrogen and oxygen atoms in total. The van der Waals surface area contributed by atoms with Crippen LogP contribution in [0.3, 0.4) is 0 Å². The summed E-state index contributed by atoms with van der Waals surface area (Å²) in [6.45, 7) is 4.13. The number of aromatic amines is 1. The lowest BCUT2D eigenvalue weighted by atomic mass is 10.2. The fourth-order valence-electron chi connectivity index (χ4n) is 1.17. The zero-order valence-corrected chi connectivity index (χ0v) is 8.28. The number of aromatic nitrogens is 4. The minimum atomic E-state index is 0.733. The van der Waals surface area contributed by atoms with Gasteiger partial charge in [-0.1, -0.05) is 11.6 Å². The van der Waals surface area contributed by atoms with Crippen LogP contribution in [0, 0.1) is 0 Å². The molecule has 0 bridgehead atoms. The molecule has 14 heavy (non-hydrogen) atoms. The quantitative estimate of drug-likeness (QED) is 0.732. The Balaban J connectivity index is 2.30. The molecule has 2 aromatic heterocycles. The number of nitrogens with zero attached hydrogens (tertiary/aromatic N) is 3. The van der Waals surface area contributed by atoms with Gasteiger partial charge in [0.05, 0.1) is 12.5 Å². The highest BCUT2D eigenvalue weighted by Crippen LogP contribution is 2.05. The highest BCUT2D eigenvalue weighted by molar-refractivity contribution is 5.68. The predicted molar refractivity (Wildman–Crippen MR) is 54.8 cm³/mol. The molecule has 2 aromatic rings. The third kappa shape index (κ3) is 1.79. The second kappa shape index (κ2) is 3.57. The molecule has 0 radical (unpaired) electrons. The summed E-state index contributed by atoms with van der Waals surface area (Å²) in [6, 6.07) is 0. The summed E-state index contributed by atoms with van der Waals surface area (Å²) in [5.74, 6) is 0.811. The van der Waals surface area contributed by atoms with E-state index in [1.807, 2.05) is 0 Å². The molecular formula is C10H12N4. The van der Waals surface area contributed by atoms with E-state index in [2.05, 4.69) is 39.9 Å². The molecular weight excluding hydrogens is 176 g/mol. The Kier molecular flexibility index (Phi) is 2.26. The van der Waals surface area contributed by atoms with E-state index in [0.29, 0.717) is 0 Å². The van der Waals surface area contributed by atoms with E-state index in [9.17, 15) is 0 Å². The van der Waals surface area contributed by atoms with E-state index < -0.39 is 0 Å². The zero-order chi connectivity index (χ0) is 9.97. The second-order valence-electron chi connectivity index (χ2n) is 3.41. The number of rotatable bonds is 2. The molecule has 0 saturated heterocycles. The summed E-state index contributed by atoms with van der Waals surface area (Å²) in [4.78, 5) is 15.6. The second-order valence-corrected chi connectivity index (χ2v) is 3.41. The lowest BCUT2D eigenvalue weighted by Gasteiger charge is -1.95. The lowest BCUT2D eigenvalue weighted by Crippen LogP contribution is -1.93. The summed E-state index contributed by atoms with van der Waals surface area (Å²) in [5.41, 5.74) is 2.89. The monoisotopic (exact) mass is 188 g/mol. The van der Waals surface area contributed by atoms with Gasteiger partial charge in [-0.05, 0) is 13.8 Å². The Morgan fingerprint density at radius 1 is 1.43 bits per heavy atom. The van der Waals surface area contributed by atoms with Crippen LogP contribution in [0.25, 0.3) is 11.2 Å². The number of hydrogen-bond donors (Lipinski definition) is 1. The van der Waals surface area contributed by atoms with Gasteiger partial charge in [0.25, 0.3) is 0 Å². The Labute approximate surface area is 82.1 Å². The number of fused-ring (bicyclic) bond motifs is 1. The highest BCUT2D eigenvalue weighted by Gasteiger charge is 1.99. The van der Waals surface area contributed by atoms with Crippen molar-refractivity contribution in [3.05, 3.63) is 30.0 Å². The lowest BCUT2D eigenvalue weighted by molar-refractivity contribution is 1.00. The van der Waals surface area contributed by atoms with Crippen molar-refractivity contribution in [2.45, 2.75) is 20.3 Å². The first kappa shape index (κ1) is 8.87. The maximum atomic E-state index is 4.31. The summed E-state index contributed by atoms with van der Waals surface area (Å²) in [7, 11) is 0. The summed E-state index contributed by atoms with van der Waals surface area (Å²) in [6.07, 6.45) is 6.27. The number of allylic oxidation sites excluding steroid dienone is 2. The average molecular weight is 188 g/mol. The van der Waals surface area contributed by atoms with E-state index >= 15 is 0 Å². The Morgan fingerprint density at radius 3 is 3.07 bits per heavy atom. The number of nitrogens with one attached hydrogen (secondary N) is 1. The van der Waals surface area contributed by atoms with Gasteiger partial charge in [-0.15, -0.1) is 0 Å².